The first-order valence-corrected chi connectivity index (χ1v) is 2.48. The zero-order chi connectivity index (χ0) is 5.11. The molecule has 1 nitrogen and oxygen atoms in total. The van der Waals surface area contributed by atoms with Crippen LogP contribution >= 0.6 is 0 Å². The summed E-state index contributed by atoms with van der Waals surface area (Å²) in [6.45, 7) is 1.96. The Kier molecular flexibility index (Phi) is 1.52. The molecule has 0 amide bonds. The van der Waals surface area contributed by atoms with E-state index in [-0.39, 0.29) is 0 Å². The number of alkyl halides is 1. The summed E-state index contributed by atoms with van der Waals surface area (Å²) in [5.74, 6) is 0. The molecule has 0 bridgehead atoms. The van der Waals surface area contributed by atoms with Gasteiger partial charge in [0.2, 0.25) is 0 Å². The van der Waals surface area contributed by atoms with Crippen LogP contribution in [0.15, 0.2) is 0 Å². The third-order valence-electron chi connectivity index (χ3n) is 0.986. The molecule has 7 heavy (non-hydrogen) atoms. The van der Waals surface area contributed by atoms with Gasteiger partial charge in [-0.1, -0.05) is 0 Å². The fourth-order valence-corrected chi connectivity index (χ4v) is 0.602. The largest absolute Gasteiger partial charge is 0.267 e. The van der Waals surface area contributed by atoms with E-state index in [4.69, 9.17) is 0 Å². The molecule has 0 saturated carbocycles. The van der Waals surface area contributed by atoms with Crippen LogP contribution in [0.4, 0.5) is 4.39 Å². The minimum Gasteiger partial charge on any atom is -0.193 e. The Morgan fingerprint density at radius 2 is 2.57 bits per heavy atom. The lowest BCUT2D eigenvalue weighted by Gasteiger charge is -2.03. The normalized spacial score (nSPS) is 31.9. The highest BCUT2D eigenvalue weighted by molar-refractivity contribution is 4.69. The van der Waals surface area contributed by atoms with Crippen molar-refractivity contribution in [2.45, 2.75) is 19.0 Å². The van der Waals surface area contributed by atoms with Crippen LogP contribution in [0, 0.1) is 6.61 Å². The van der Waals surface area contributed by atoms with Crippen LogP contribution in [0.5, 0.6) is 0 Å². The second-order valence-corrected chi connectivity index (χ2v) is 1.67. The van der Waals surface area contributed by atoms with Crippen LogP contribution in [0.1, 0.15) is 12.8 Å². The second kappa shape index (κ2) is 2.17. The predicted octanol–water partition coefficient (Wildman–Crippen LogP) is 1.30. The van der Waals surface area contributed by atoms with Gasteiger partial charge in [0.05, 0.1) is 6.61 Å². The van der Waals surface area contributed by atoms with Gasteiger partial charge in [0, 0.05) is 6.42 Å². The molecule has 0 spiro atoms. The molecule has 1 aliphatic rings. The molecule has 0 aromatic heterocycles. The summed E-state index contributed by atoms with van der Waals surface area (Å²) in [6, 6.07) is 0. The van der Waals surface area contributed by atoms with Crippen LogP contribution in [0.25, 0.3) is 0 Å². The Labute approximate surface area is 42.5 Å². The maximum Gasteiger partial charge on any atom is 0.267 e. The van der Waals surface area contributed by atoms with Crippen LogP contribution in [-0.4, -0.2) is 12.8 Å². The smallest absolute Gasteiger partial charge is 0.193 e. The van der Waals surface area contributed by atoms with Gasteiger partial charge < -0.3 is 0 Å². The molecule has 1 aliphatic heterocycles. The second-order valence-electron chi connectivity index (χ2n) is 1.67. The Morgan fingerprint density at radius 1 is 1.71 bits per heavy atom. The monoisotopic (exact) mass is 103 g/mol. The molecule has 1 atom stereocenters. The van der Waals surface area contributed by atoms with Crippen LogP contribution in [0.3, 0.4) is 0 Å². The van der Waals surface area contributed by atoms with Gasteiger partial charge in [0.15, 0.2) is 0 Å². The molecule has 1 fully saturated rings. The van der Waals surface area contributed by atoms with Gasteiger partial charge in [0.25, 0.3) is 12.8 Å². The Balaban J connectivity index is 2.12. The molecule has 0 aromatic rings. The number of rotatable bonds is 0. The summed E-state index contributed by atoms with van der Waals surface area (Å²) in [6.07, 6.45) is 0.686. The van der Waals surface area contributed by atoms with E-state index in [1.165, 1.54) is 6.61 Å². The van der Waals surface area contributed by atoms with Crippen molar-refractivity contribution in [1.82, 2.24) is 0 Å². The van der Waals surface area contributed by atoms with Gasteiger partial charge in [-0.3, -0.25) is 0 Å². The van der Waals surface area contributed by atoms with E-state index in [9.17, 15) is 4.39 Å². The Bertz CT molecular complexity index is 50.0. The summed E-state index contributed by atoms with van der Waals surface area (Å²) in [5.41, 5.74) is 0. The van der Waals surface area contributed by atoms with Crippen LogP contribution in [-0.2, 0) is 4.74 Å². The first-order chi connectivity index (χ1) is 3.39. The van der Waals surface area contributed by atoms with Crippen molar-refractivity contribution >= 4 is 0 Å². The van der Waals surface area contributed by atoms with Gasteiger partial charge >= 0.3 is 0 Å². The van der Waals surface area contributed by atoms with Crippen molar-refractivity contribution in [1.29, 1.82) is 0 Å². The molecule has 0 N–H and O–H groups in total. The van der Waals surface area contributed by atoms with E-state index in [1.807, 2.05) is 0 Å². The first-order valence-electron chi connectivity index (χ1n) is 2.48. The molecule has 1 heterocycles. The summed E-state index contributed by atoms with van der Waals surface area (Å²) < 4.78 is 16.7. The fourth-order valence-electron chi connectivity index (χ4n) is 0.602. The van der Waals surface area contributed by atoms with Crippen LogP contribution in [0.2, 0.25) is 0 Å². The maximum absolute atomic E-state index is 12.0. The average Bonchev–Trinajstić information content (AvgIpc) is 1.69. The number of ether oxygens (including phenoxy) is 1. The van der Waals surface area contributed by atoms with E-state index in [2.05, 4.69) is 4.74 Å². The number of halogens is 1. The summed E-state index contributed by atoms with van der Waals surface area (Å²) in [4.78, 5) is 0. The standard InChI is InChI=1S/C5H8FO/c6-5-2-1-3-7-4-5/h4-5H,1-3H2/q+1/t5-/m0/s1. The number of hydrogen-bond donors (Lipinski definition) is 0. The molecule has 0 radical (unpaired) electrons. The molecule has 0 aliphatic carbocycles. The van der Waals surface area contributed by atoms with E-state index in [1.54, 1.807) is 0 Å². The van der Waals surface area contributed by atoms with Crippen molar-refractivity contribution in [3.05, 3.63) is 6.61 Å². The van der Waals surface area contributed by atoms with Gasteiger partial charge in [-0.05, 0) is 6.42 Å². The summed E-state index contributed by atoms with van der Waals surface area (Å²) >= 11 is 0. The van der Waals surface area contributed by atoms with E-state index in [0.29, 0.717) is 13.0 Å². The zero-order valence-electron chi connectivity index (χ0n) is 4.06. The van der Waals surface area contributed by atoms with E-state index < -0.39 is 6.17 Å². The molecule has 1 rings (SSSR count). The molecule has 0 aromatic carbocycles. The summed E-state index contributed by atoms with van der Waals surface area (Å²) in [5, 5.41) is 0. The maximum atomic E-state index is 12.0. The molecular weight excluding hydrogens is 95.1 g/mol. The van der Waals surface area contributed by atoms with Crippen molar-refractivity contribution in [2.24, 2.45) is 0 Å². The lowest BCUT2D eigenvalue weighted by atomic mass is 10.2. The minimum atomic E-state index is -0.811. The molecule has 40 valence electrons. The highest BCUT2D eigenvalue weighted by atomic mass is 19.1. The van der Waals surface area contributed by atoms with Crippen LogP contribution < -0.4 is 0 Å². The third-order valence-corrected chi connectivity index (χ3v) is 0.986. The van der Waals surface area contributed by atoms with Gasteiger partial charge in [-0.25, -0.2) is 0 Å². The Morgan fingerprint density at radius 3 is 2.86 bits per heavy atom. The Hall–Kier alpha value is -0.240. The van der Waals surface area contributed by atoms with Crippen molar-refractivity contribution in [3.63, 3.8) is 0 Å². The van der Waals surface area contributed by atoms with Gasteiger partial charge in [-0.15, -0.1) is 0 Å². The van der Waals surface area contributed by atoms with Crippen molar-refractivity contribution in [2.75, 3.05) is 6.61 Å². The summed E-state index contributed by atoms with van der Waals surface area (Å²) in [7, 11) is 0. The lowest BCUT2D eigenvalue weighted by Crippen LogP contribution is -2.11. The van der Waals surface area contributed by atoms with E-state index >= 15 is 0 Å². The topological polar surface area (TPSA) is 9.23 Å². The van der Waals surface area contributed by atoms with E-state index in [0.717, 1.165) is 6.42 Å². The molecule has 2 heteroatoms. The lowest BCUT2D eigenvalue weighted by molar-refractivity contribution is 0.0942. The number of hydrogen-bond acceptors (Lipinski definition) is 1. The zero-order valence-corrected chi connectivity index (χ0v) is 4.06. The van der Waals surface area contributed by atoms with Gasteiger partial charge in [0.1, 0.15) is 0 Å². The highest BCUT2D eigenvalue weighted by Crippen LogP contribution is 2.11. The molecular formula is C5H8FO+. The quantitative estimate of drug-likeness (QED) is 0.420. The SMILES string of the molecule is F[C@@H]1[CH+]OCCC1. The van der Waals surface area contributed by atoms with Gasteiger partial charge in [-0.2, -0.15) is 9.13 Å². The highest BCUT2D eigenvalue weighted by Gasteiger charge is 2.21. The molecule has 0 unspecified atom stereocenters. The molecule has 1 saturated heterocycles. The van der Waals surface area contributed by atoms with Crippen molar-refractivity contribution < 1.29 is 9.13 Å². The van der Waals surface area contributed by atoms with Crippen molar-refractivity contribution in [3.8, 4) is 0 Å². The third kappa shape index (κ3) is 1.35. The average molecular weight is 103 g/mol. The first kappa shape index (κ1) is 4.91. The predicted molar refractivity (Wildman–Crippen MR) is 24.4 cm³/mol. The fraction of sp³-hybridized carbons (Fsp3) is 0.800. The minimum absolute atomic E-state index is 0.639.